The first-order chi connectivity index (χ1) is 12.1. The molecule has 0 amide bonds. The van der Waals surface area contributed by atoms with E-state index in [4.69, 9.17) is 13.9 Å². The molecule has 0 radical (unpaired) electrons. The van der Waals surface area contributed by atoms with Crippen LogP contribution in [0.2, 0.25) is 0 Å². The van der Waals surface area contributed by atoms with E-state index in [2.05, 4.69) is 4.74 Å². The maximum absolute atomic E-state index is 12.3. The van der Waals surface area contributed by atoms with E-state index >= 15 is 0 Å². The fourth-order valence-corrected chi connectivity index (χ4v) is 2.30. The Bertz CT molecular complexity index is 855. The van der Waals surface area contributed by atoms with Crippen molar-refractivity contribution in [1.82, 2.24) is 0 Å². The number of furan rings is 1. The average molecular weight is 348 g/mol. The number of carbonyl (C=O) groups is 1. The molecule has 0 fully saturated rings. The third kappa shape index (κ3) is 3.88. The van der Waals surface area contributed by atoms with Crippen LogP contribution in [0.15, 0.2) is 52.9 Å². The summed E-state index contributed by atoms with van der Waals surface area (Å²) in [5.74, 6) is -0.503. The number of alkyl halides is 2. The van der Waals surface area contributed by atoms with Crippen molar-refractivity contribution in [2.24, 2.45) is 0 Å². The molecule has 0 unspecified atom stereocenters. The van der Waals surface area contributed by atoms with Crippen LogP contribution in [-0.4, -0.2) is 19.7 Å². The van der Waals surface area contributed by atoms with E-state index < -0.39 is 12.6 Å². The van der Waals surface area contributed by atoms with Gasteiger partial charge in [-0.3, -0.25) is 0 Å². The zero-order valence-electron chi connectivity index (χ0n) is 13.2. The predicted molar refractivity (Wildman–Crippen MR) is 85.0 cm³/mol. The van der Waals surface area contributed by atoms with E-state index in [1.165, 1.54) is 25.3 Å². The minimum atomic E-state index is -2.95. The minimum Gasteiger partial charge on any atom is -0.493 e. The maximum atomic E-state index is 12.3. The fourth-order valence-electron chi connectivity index (χ4n) is 2.30. The number of esters is 1. The normalized spacial score (nSPS) is 10.9. The van der Waals surface area contributed by atoms with Crippen LogP contribution in [0.4, 0.5) is 8.78 Å². The Morgan fingerprint density at radius 2 is 1.92 bits per heavy atom. The van der Waals surface area contributed by atoms with Crippen molar-refractivity contribution in [3.63, 3.8) is 0 Å². The van der Waals surface area contributed by atoms with Gasteiger partial charge in [0.2, 0.25) is 5.76 Å². The van der Waals surface area contributed by atoms with Crippen molar-refractivity contribution in [2.45, 2.75) is 13.2 Å². The standard InChI is InChI=1S/C18H14F2O5/c1-22-15-8-11(6-7-14(15)25-18(19)20)10-23-17(21)16-9-12-4-2-3-5-13(12)24-16/h2-9,18H,10H2,1H3. The topological polar surface area (TPSA) is 57.9 Å². The van der Waals surface area contributed by atoms with Crippen LogP contribution in [0.25, 0.3) is 11.0 Å². The van der Waals surface area contributed by atoms with E-state index in [1.54, 1.807) is 18.2 Å². The van der Waals surface area contributed by atoms with Crippen molar-refractivity contribution in [3.05, 3.63) is 59.9 Å². The Morgan fingerprint density at radius 1 is 1.12 bits per heavy atom. The highest BCUT2D eigenvalue weighted by Gasteiger charge is 2.15. The highest BCUT2D eigenvalue weighted by atomic mass is 19.3. The number of carbonyl (C=O) groups excluding carboxylic acids is 1. The van der Waals surface area contributed by atoms with E-state index in [-0.39, 0.29) is 23.9 Å². The lowest BCUT2D eigenvalue weighted by Gasteiger charge is -2.11. The summed E-state index contributed by atoms with van der Waals surface area (Å²) in [6.07, 6.45) is 0. The third-order valence-corrected chi connectivity index (χ3v) is 3.44. The van der Waals surface area contributed by atoms with Crippen LogP contribution in [0, 0.1) is 0 Å². The number of ether oxygens (including phenoxy) is 3. The molecule has 0 atom stereocenters. The predicted octanol–water partition coefficient (Wildman–Crippen LogP) is 4.40. The molecule has 0 bridgehead atoms. The number of fused-ring (bicyclic) bond motifs is 1. The molecule has 3 aromatic rings. The van der Waals surface area contributed by atoms with Crippen molar-refractivity contribution in [3.8, 4) is 11.5 Å². The summed E-state index contributed by atoms with van der Waals surface area (Å²) in [6, 6.07) is 13.1. The van der Waals surface area contributed by atoms with Crippen LogP contribution >= 0.6 is 0 Å². The van der Waals surface area contributed by atoms with Gasteiger partial charge in [0.05, 0.1) is 7.11 Å². The van der Waals surface area contributed by atoms with Crippen molar-refractivity contribution in [1.29, 1.82) is 0 Å². The molecule has 3 rings (SSSR count). The van der Waals surface area contributed by atoms with Crippen LogP contribution in [-0.2, 0) is 11.3 Å². The molecule has 0 aliphatic heterocycles. The Kier molecular flexibility index (Phi) is 4.83. The fraction of sp³-hybridized carbons (Fsp3) is 0.167. The lowest BCUT2D eigenvalue weighted by Crippen LogP contribution is -2.06. The molecule has 0 N–H and O–H groups in total. The number of benzene rings is 2. The van der Waals surface area contributed by atoms with Gasteiger partial charge in [0.25, 0.3) is 0 Å². The van der Waals surface area contributed by atoms with Gasteiger partial charge < -0.3 is 18.6 Å². The van der Waals surface area contributed by atoms with Gasteiger partial charge in [-0.15, -0.1) is 0 Å². The molecular formula is C18H14F2O5. The van der Waals surface area contributed by atoms with Crippen LogP contribution in [0.5, 0.6) is 11.5 Å². The zero-order valence-corrected chi connectivity index (χ0v) is 13.2. The molecular weight excluding hydrogens is 334 g/mol. The Morgan fingerprint density at radius 3 is 2.64 bits per heavy atom. The van der Waals surface area contributed by atoms with Crippen molar-refractivity contribution < 1.29 is 32.2 Å². The van der Waals surface area contributed by atoms with Gasteiger partial charge in [-0.1, -0.05) is 24.3 Å². The van der Waals surface area contributed by atoms with Gasteiger partial charge in [-0.05, 0) is 29.8 Å². The number of hydrogen-bond acceptors (Lipinski definition) is 5. The van der Waals surface area contributed by atoms with Gasteiger partial charge in [0.15, 0.2) is 11.5 Å². The van der Waals surface area contributed by atoms with Crippen LogP contribution < -0.4 is 9.47 Å². The monoisotopic (exact) mass is 348 g/mol. The largest absolute Gasteiger partial charge is 0.493 e. The SMILES string of the molecule is COc1cc(COC(=O)c2cc3ccccc3o2)ccc1OC(F)F. The molecule has 0 aliphatic rings. The quantitative estimate of drug-likeness (QED) is 0.618. The summed E-state index contributed by atoms with van der Waals surface area (Å²) in [7, 11) is 1.33. The Balaban J connectivity index is 1.69. The summed E-state index contributed by atoms with van der Waals surface area (Å²) in [6.45, 7) is -3.02. The van der Waals surface area contributed by atoms with Crippen molar-refractivity contribution in [2.75, 3.05) is 7.11 Å². The summed E-state index contributed by atoms with van der Waals surface area (Å²) < 4.78 is 44.6. The lowest BCUT2D eigenvalue weighted by atomic mass is 10.2. The van der Waals surface area contributed by atoms with Gasteiger partial charge in [0.1, 0.15) is 12.2 Å². The first-order valence-corrected chi connectivity index (χ1v) is 7.34. The van der Waals surface area contributed by atoms with Crippen molar-refractivity contribution >= 4 is 16.9 Å². The van der Waals surface area contributed by atoms with E-state index in [1.807, 2.05) is 12.1 Å². The molecule has 0 aliphatic carbocycles. The smallest absolute Gasteiger partial charge is 0.387 e. The molecule has 25 heavy (non-hydrogen) atoms. The first-order valence-electron chi connectivity index (χ1n) is 7.34. The molecule has 0 saturated heterocycles. The number of halogens is 2. The second kappa shape index (κ2) is 7.21. The number of rotatable bonds is 6. The molecule has 0 saturated carbocycles. The average Bonchev–Trinajstić information content (AvgIpc) is 3.04. The summed E-state index contributed by atoms with van der Waals surface area (Å²) in [4.78, 5) is 12.1. The number of hydrogen-bond donors (Lipinski definition) is 0. The highest BCUT2D eigenvalue weighted by Crippen LogP contribution is 2.30. The third-order valence-electron chi connectivity index (χ3n) is 3.44. The lowest BCUT2D eigenvalue weighted by molar-refractivity contribution is -0.0512. The number of methoxy groups -OCH3 is 1. The molecule has 7 heteroatoms. The van der Waals surface area contributed by atoms with E-state index in [0.29, 0.717) is 11.1 Å². The van der Waals surface area contributed by atoms with Gasteiger partial charge in [-0.25, -0.2) is 4.79 Å². The summed E-state index contributed by atoms with van der Waals surface area (Å²) in [5, 5.41) is 0.796. The zero-order chi connectivity index (χ0) is 17.8. The Hall–Kier alpha value is -3.09. The molecule has 0 spiro atoms. The maximum Gasteiger partial charge on any atom is 0.387 e. The van der Waals surface area contributed by atoms with Gasteiger partial charge in [-0.2, -0.15) is 8.78 Å². The second-order valence-electron chi connectivity index (χ2n) is 5.09. The van der Waals surface area contributed by atoms with Gasteiger partial charge >= 0.3 is 12.6 Å². The van der Waals surface area contributed by atoms with Crippen LogP contribution in [0.3, 0.4) is 0 Å². The van der Waals surface area contributed by atoms with E-state index in [9.17, 15) is 13.6 Å². The van der Waals surface area contributed by atoms with E-state index in [0.717, 1.165) is 5.39 Å². The van der Waals surface area contributed by atoms with Gasteiger partial charge in [0, 0.05) is 5.39 Å². The summed E-state index contributed by atoms with van der Waals surface area (Å²) in [5.41, 5.74) is 1.15. The second-order valence-corrected chi connectivity index (χ2v) is 5.09. The molecule has 1 aromatic heterocycles. The molecule has 2 aromatic carbocycles. The van der Waals surface area contributed by atoms with Crippen LogP contribution in [0.1, 0.15) is 16.1 Å². The molecule has 1 heterocycles. The first kappa shape index (κ1) is 16.8. The highest BCUT2D eigenvalue weighted by molar-refractivity contribution is 5.92. The number of para-hydroxylation sites is 1. The molecule has 5 nitrogen and oxygen atoms in total. The Labute approximate surface area is 141 Å². The molecule has 130 valence electrons. The minimum absolute atomic E-state index is 0.0683. The summed E-state index contributed by atoms with van der Waals surface area (Å²) >= 11 is 0.